The van der Waals surface area contributed by atoms with Crippen molar-refractivity contribution in [2.75, 3.05) is 32.9 Å². The Balaban J connectivity index is 1.70. The Kier molecular flexibility index (Phi) is 4.18. The quantitative estimate of drug-likeness (QED) is 0.868. The predicted octanol–water partition coefficient (Wildman–Crippen LogP) is 1.59. The van der Waals surface area contributed by atoms with Gasteiger partial charge in [-0.3, -0.25) is 0 Å². The summed E-state index contributed by atoms with van der Waals surface area (Å²) >= 11 is 0. The number of fused-ring (bicyclic) bond motifs is 1. The van der Waals surface area contributed by atoms with Crippen LogP contribution in [0.25, 0.3) is 11.3 Å². The van der Waals surface area contributed by atoms with Crippen LogP contribution in [0.15, 0.2) is 33.7 Å². The van der Waals surface area contributed by atoms with Crippen LogP contribution in [0.1, 0.15) is 11.3 Å². The van der Waals surface area contributed by atoms with Crippen molar-refractivity contribution in [2.45, 2.75) is 18.7 Å². The zero-order valence-corrected chi connectivity index (χ0v) is 15.6. The minimum Gasteiger partial charge on any atom is -0.396 e. The predicted molar refractivity (Wildman–Crippen MR) is 94.0 cm³/mol. The van der Waals surface area contributed by atoms with Gasteiger partial charge in [0.1, 0.15) is 0 Å². The summed E-state index contributed by atoms with van der Waals surface area (Å²) in [7, 11) is -3.68. The van der Waals surface area contributed by atoms with Gasteiger partial charge < -0.3 is 14.4 Å². The summed E-state index contributed by atoms with van der Waals surface area (Å²) in [6.07, 6.45) is 0. The fraction of sp³-hybridized carbons (Fsp3) is 0.500. The summed E-state index contributed by atoms with van der Waals surface area (Å²) in [5.41, 5.74) is 1.61. The van der Waals surface area contributed by atoms with E-state index in [2.05, 4.69) is 5.16 Å². The van der Waals surface area contributed by atoms with Crippen molar-refractivity contribution in [2.24, 2.45) is 11.3 Å². The summed E-state index contributed by atoms with van der Waals surface area (Å²) in [4.78, 5) is 0.262. The summed E-state index contributed by atoms with van der Waals surface area (Å²) < 4.78 is 38.8. The molecule has 0 bridgehead atoms. The second-order valence-electron chi connectivity index (χ2n) is 7.34. The molecule has 1 N–H and O–H groups in total. The highest BCUT2D eigenvalue weighted by molar-refractivity contribution is 7.89. The lowest BCUT2D eigenvalue weighted by atomic mass is 9.82. The Labute approximate surface area is 152 Å². The molecule has 0 amide bonds. The summed E-state index contributed by atoms with van der Waals surface area (Å²) in [6, 6.07) is 7.03. The molecule has 2 saturated heterocycles. The first-order valence-corrected chi connectivity index (χ1v) is 10.0. The van der Waals surface area contributed by atoms with Gasteiger partial charge in [0.05, 0.1) is 30.4 Å². The molecular weight excluding hydrogens is 356 g/mol. The molecule has 0 radical (unpaired) electrons. The molecular formula is C18H22N2O5S. The molecule has 2 aliphatic rings. The molecule has 2 aliphatic heterocycles. The average Bonchev–Trinajstić information content (AvgIpc) is 3.28. The second-order valence-corrected chi connectivity index (χ2v) is 9.25. The standard InChI is InChI=1S/C18H22N2O5S/c1-12-3-4-14(16-5-13(2)19-25-16)6-17(12)26(22,23)20-7-15-8-24-11-18(15,9-20)10-21/h3-6,15,21H,7-11H2,1-2H3/t15-,18-/m0/s1. The van der Waals surface area contributed by atoms with Gasteiger partial charge in [-0.2, -0.15) is 4.31 Å². The number of aromatic nitrogens is 1. The lowest BCUT2D eigenvalue weighted by molar-refractivity contribution is 0.0905. The van der Waals surface area contributed by atoms with E-state index in [-0.39, 0.29) is 24.0 Å². The number of rotatable bonds is 4. The largest absolute Gasteiger partial charge is 0.396 e. The number of benzene rings is 1. The van der Waals surface area contributed by atoms with E-state index < -0.39 is 15.4 Å². The van der Waals surface area contributed by atoms with Crippen LogP contribution in [0.2, 0.25) is 0 Å². The summed E-state index contributed by atoms with van der Waals surface area (Å²) in [5.74, 6) is 0.570. The molecule has 8 heteroatoms. The fourth-order valence-corrected chi connectivity index (χ4v) is 5.69. The Morgan fingerprint density at radius 2 is 2.15 bits per heavy atom. The van der Waals surface area contributed by atoms with E-state index in [1.165, 1.54) is 4.31 Å². The molecule has 1 aromatic carbocycles. The number of ether oxygens (including phenoxy) is 1. The second kappa shape index (κ2) is 6.16. The van der Waals surface area contributed by atoms with Crippen LogP contribution in [0.3, 0.4) is 0 Å². The molecule has 1 aromatic heterocycles. The van der Waals surface area contributed by atoms with E-state index in [9.17, 15) is 13.5 Å². The molecule has 7 nitrogen and oxygen atoms in total. The highest BCUT2D eigenvalue weighted by atomic mass is 32.2. The minimum absolute atomic E-state index is 0.0303. The van der Waals surface area contributed by atoms with Crippen LogP contribution >= 0.6 is 0 Å². The Bertz CT molecular complexity index is 939. The molecule has 140 valence electrons. The number of aryl methyl sites for hydroxylation is 2. The maximum Gasteiger partial charge on any atom is 0.243 e. The Hall–Kier alpha value is -1.74. The van der Waals surface area contributed by atoms with Crippen molar-refractivity contribution >= 4 is 10.0 Å². The molecule has 0 spiro atoms. The van der Waals surface area contributed by atoms with E-state index in [1.807, 2.05) is 13.0 Å². The van der Waals surface area contributed by atoms with E-state index >= 15 is 0 Å². The van der Waals surface area contributed by atoms with Gasteiger partial charge in [0.25, 0.3) is 0 Å². The molecule has 2 aromatic rings. The lowest BCUT2D eigenvalue weighted by Crippen LogP contribution is -2.36. The normalized spacial score (nSPS) is 26.3. The summed E-state index contributed by atoms with van der Waals surface area (Å²) in [6.45, 7) is 5.07. The number of nitrogens with zero attached hydrogens (tertiary/aromatic N) is 2. The zero-order valence-electron chi connectivity index (χ0n) is 14.8. The van der Waals surface area contributed by atoms with E-state index in [0.29, 0.717) is 36.6 Å². The highest BCUT2D eigenvalue weighted by Gasteiger charge is 2.53. The first-order chi connectivity index (χ1) is 12.4. The van der Waals surface area contributed by atoms with E-state index in [1.54, 1.807) is 25.1 Å². The van der Waals surface area contributed by atoms with Crippen molar-refractivity contribution in [3.63, 3.8) is 0 Å². The molecule has 2 fully saturated rings. The smallest absolute Gasteiger partial charge is 0.243 e. The van der Waals surface area contributed by atoms with Crippen LogP contribution in [0, 0.1) is 25.2 Å². The third kappa shape index (κ3) is 2.68. The van der Waals surface area contributed by atoms with Gasteiger partial charge in [-0.05, 0) is 25.5 Å². The van der Waals surface area contributed by atoms with Gasteiger partial charge >= 0.3 is 0 Å². The van der Waals surface area contributed by atoms with Gasteiger partial charge in [0.15, 0.2) is 5.76 Å². The van der Waals surface area contributed by atoms with Crippen LogP contribution in [0.5, 0.6) is 0 Å². The van der Waals surface area contributed by atoms with Crippen molar-refractivity contribution in [1.29, 1.82) is 0 Å². The van der Waals surface area contributed by atoms with Crippen molar-refractivity contribution in [3.05, 3.63) is 35.5 Å². The first-order valence-electron chi connectivity index (χ1n) is 8.59. The van der Waals surface area contributed by atoms with Crippen LogP contribution in [-0.2, 0) is 14.8 Å². The molecule has 26 heavy (non-hydrogen) atoms. The monoisotopic (exact) mass is 378 g/mol. The highest BCUT2D eigenvalue weighted by Crippen LogP contribution is 2.43. The van der Waals surface area contributed by atoms with Crippen molar-refractivity contribution in [1.82, 2.24) is 9.46 Å². The molecule has 4 rings (SSSR count). The van der Waals surface area contributed by atoms with E-state index in [0.717, 1.165) is 5.69 Å². The van der Waals surface area contributed by atoms with Crippen LogP contribution < -0.4 is 0 Å². The molecule has 2 atom stereocenters. The first kappa shape index (κ1) is 17.7. The zero-order chi connectivity index (χ0) is 18.5. The van der Waals surface area contributed by atoms with E-state index in [4.69, 9.17) is 9.26 Å². The summed E-state index contributed by atoms with van der Waals surface area (Å²) in [5, 5.41) is 13.7. The Morgan fingerprint density at radius 1 is 1.35 bits per heavy atom. The maximum absolute atomic E-state index is 13.3. The average molecular weight is 378 g/mol. The van der Waals surface area contributed by atoms with Crippen LogP contribution in [-0.4, -0.2) is 55.9 Å². The fourth-order valence-electron chi connectivity index (χ4n) is 3.86. The number of aliphatic hydroxyl groups is 1. The molecule has 0 unspecified atom stereocenters. The third-order valence-corrected chi connectivity index (χ3v) is 7.48. The topological polar surface area (TPSA) is 92.9 Å². The van der Waals surface area contributed by atoms with Gasteiger partial charge in [-0.15, -0.1) is 0 Å². The number of hydrogen-bond donors (Lipinski definition) is 1. The van der Waals surface area contributed by atoms with Crippen molar-refractivity contribution < 1.29 is 22.8 Å². The number of aliphatic hydroxyl groups excluding tert-OH is 1. The van der Waals surface area contributed by atoms with Crippen molar-refractivity contribution in [3.8, 4) is 11.3 Å². The molecule has 3 heterocycles. The third-order valence-electron chi connectivity index (χ3n) is 5.52. The Morgan fingerprint density at radius 3 is 2.81 bits per heavy atom. The van der Waals surface area contributed by atoms with Gasteiger partial charge in [-0.1, -0.05) is 17.3 Å². The van der Waals surface area contributed by atoms with Gasteiger partial charge in [0.2, 0.25) is 10.0 Å². The maximum atomic E-state index is 13.3. The van der Waals surface area contributed by atoms with Gasteiger partial charge in [0, 0.05) is 36.1 Å². The number of hydrogen-bond acceptors (Lipinski definition) is 6. The minimum atomic E-state index is -3.68. The lowest BCUT2D eigenvalue weighted by Gasteiger charge is -2.24. The SMILES string of the molecule is Cc1cc(-c2ccc(C)c(S(=O)(=O)N3C[C@H]4COC[C@@]4(CO)C3)c2)on1. The number of sulfonamides is 1. The molecule has 0 saturated carbocycles. The molecule has 0 aliphatic carbocycles. The van der Waals surface area contributed by atoms with Crippen LogP contribution in [0.4, 0.5) is 0 Å². The van der Waals surface area contributed by atoms with Gasteiger partial charge in [-0.25, -0.2) is 8.42 Å².